The maximum Gasteiger partial charge on any atom is 0.354 e. The molecule has 32 heavy (non-hydrogen) atoms. The van der Waals surface area contributed by atoms with Crippen molar-refractivity contribution in [1.29, 1.82) is 0 Å². The number of carboxylic acids is 1. The van der Waals surface area contributed by atoms with Gasteiger partial charge in [0.2, 0.25) is 0 Å². The van der Waals surface area contributed by atoms with E-state index in [4.69, 9.17) is 17.3 Å². The van der Waals surface area contributed by atoms with Crippen molar-refractivity contribution in [1.82, 2.24) is 14.1 Å². The number of benzene rings is 2. The van der Waals surface area contributed by atoms with E-state index < -0.39 is 17.2 Å². The van der Waals surface area contributed by atoms with Gasteiger partial charge in [0.25, 0.3) is 5.56 Å². The van der Waals surface area contributed by atoms with Crippen LogP contribution >= 0.6 is 11.6 Å². The second-order valence-electron chi connectivity index (χ2n) is 7.35. The number of aromatic carboxylic acids is 1. The topological polar surface area (TPSA) is 147 Å². The Morgan fingerprint density at radius 2 is 1.97 bits per heavy atom. The Morgan fingerprint density at radius 1 is 1.16 bits per heavy atom. The number of aromatic amines is 1. The summed E-state index contributed by atoms with van der Waals surface area (Å²) >= 11 is 6.20. The first-order chi connectivity index (χ1) is 15.3. The summed E-state index contributed by atoms with van der Waals surface area (Å²) in [7, 11) is 0. The van der Waals surface area contributed by atoms with Gasteiger partial charge in [-0.3, -0.25) is 9.78 Å². The average Bonchev–Trinajstić information content (AvgIpc) is 3.31. The molecule has 4 aromatic rings. The van der Waals surface area contributed by atoms with E-state index in [1.54, 1.807) is 36.4 Å². The van der Waals surface area contributed by atoms with Crippen LogP contribution in [0.1, 0.15) is 16.1 Å². The summed E-state index contributed by atoms with van der Waals surface area (Å²) in [6.07, 6.45) is 0. The van der Waals surface area contributed by atoms with Gasteiger partial charge in [-0.25, -0.2) is 14.2 Å². The van der Waals surface area contributed by atoms with Crippen molar-refractivity contribution >= 4 is 45.7 Å². The minimum Gasteiger partial charge on any atom is -0.477 e. The number of aromatic nitrogens is 3. The van der Waals surface area contributed by atoms with Gasteiger partial charge in [-0.1, -0.05) is 23.7 Å². The summed E-state index contributed by atoms with van der Waals surface area (Å²) < 4.78 is 2.36. The van der Waals surface area contributed by atoms with Gasteiger partial charge in [0, 0.05) is 22.6 Å². The highest BCUT2D eigenvalue weighted by molar-refractivity contribution is 6.31. The van der Waals surface area contributed by atoms with E-state index >= 15 is 0 Å². The number of hydrogen-bond donors (Lipinski definition) is 5. The highest BCUT2D eigenvalue weighted by Crippen LogP contribution is 2.32. The molecule has 2 aromatic heterocycles. The molecule has 0 saturated heterocycles. The Kier molecular flexibility index (Phi) is 4.45. The maximum atomic E-state index is 13.2. The van der Waals surface area contributed by atoms with Crippen LogP contribution in [0.4, 0.5) is 17.2 Å². The van der Waals surface area contributed by atoms with Crippen LogP contribution in [0.3, 0.4) is 0 Å². The molecule has 0 aliphatic carbocycles. The molecule has 162 valence electrons. The molecule has 2 aromatic carbocycles. The molecule has 5 rings (SSSR count). The zero-order valence-corrected chi connectivity index (χ0v) is 17.2. The van der Waals surface area contributed by atoms with Crippen LogP contribution in [0.15, 0.2) is 52.1 Å². The number of carbonyl (C=O) groups is 1. The Bertz CT molecular complexity index is 1530. The number of carboxylic acid groups (broad SMARTS) is 1. The third kappa shape index (κ3) is 3.00. The van der Waals surface area contributed by atoms with Gasteiger partial charge < -0.3 is 26.0 Å². The third-order valence-electron chi connectivity index (χ3n) is 5.35. The molecule has 0 atom stereocenters. The zero-order chi connectivity index (χ0) is 22.6. The highest BCUT2D eigenvalue weighted by atomic mass is 35.5. The van der Waals surface area contributed by atoms with Crippen molar-refractivity contribution in [2.24, 2.45) is 0 Å². The lowest BCUT2D eigenvalue weighted by molar-refractivity contribution is 0.0686. The van der Waals surface area contributed by atoms with E-state index in [0.717, 1.165) is 10.1 Å². The predicted molar refractivity (Wildman–Crippen MR) is 122 cm³/mol. The van der Waals surface area contributed by atoms with Crippen molar-refractivity contribution in [3.8, 4) is 5.69 Å². The fraction of sp³-hybridized carbons (Fsp3) is 0.0952. The van der Waals surface area contributed by atoms with E-state index in [1.165, 1.54) is 4.57 Å². The number of halogens is 1. The molecule has 0 saturated carbocycles. The molecule has 0 fully saturated rings. The minimum atomic E-state index is -1.30. The lowest BCUT2D eigenvalue weighted by atomic mass is 10.2. The molecule has 0 spiro atoms. The quantitative estimate of drug-likeness (QED) is 0.298. The molecule has 0 amide bonds. The predicted octanol–water partition coefficient (Wildman–Crippen LogP) is 2.26. The number of anilines is 3. The van der Waals surface area contributed by atoms with E-state index in [1.807, 2.05) is 6.07 Å². The Hall–Kier alpha value is -4.18. The smallest absolute Gasteiger partial charge is 0.354 e. The molecule has 1 aliphatic heterocycles. The van der Waals surface area contributed by atoms with Crippen molar-refractivity contribution in [2.75, 3.05) is 23.0 Å². The fourth-order valence-corrected chi connectivity index (χ4v) is 4.22. The van der Waals surface area contributed by atoms with Crippen LogP contribution in [0.25, 0.3) is 16.6 Å². The van der Waals surface area contributed by atoms with Gasteiger partial charge in [-0.15, -0.1) is 0 Å². The molecule has 0 radical (unpaired) electrons. The lowest BCUT2D eigenvalue weighted by Gasteiger charge is -2.11. The monoisotopic (exact) mass is 452 g/mol. The molecule has 6 N–H and O–H groups in total. The van der Waals surface area contributed by atoms with E-state index in [-0.39, 0.29) is 36.1 Å². The minimum absolute atomic E-state index is 0.0540. The van der Waals surface area contributed by atoms with Crippen molar-refractivity contribution in [3.63, 3.8) is 0 Å². The molecule has 3 heterocycles. The van der Waals surface area contributed by atoms with Crippen LogP contribution in [0.5, 0.6) is 0 Å². The number of H-pyrrole nitrogens is 1. The van der Waals surface area contributed by atoms with Crippen LogP contribution in [-0.4, -0.2) is 31.9 Å². The van der Waals surface area contributed by atoms with Gasteiger partial charge in [0.1, 0.15) is 11.5 Å². The van der Waals surface area contributed by atoms with Gasteiger partial charge in [-0.05, 0) is 35.9 Å². The number of rotatable bonds is 4. The number of hydrogen-bond acceptors (Lipinski definition) is 6. The van der Waals surface area contributed by atoms with Crippen LogP contribution < -0.4 is 27.6 Å². The zero-order valence-electron chi connectivity index (χ0n) is 16.5. The molecular formula is C21H17ClN6O4. The lowest BCUT2D eigenvalue weighted by Crippen LogP contribution is -2.35. The first-order valence-electron chi connectivity index (χ1n) is 9.62. The van der Waals surface area contributed by atoms with E-state index in [9.17, 15) is 19.5 Å². The summed E-state index contributed by atoms with van der Waals surface area (Å²) in [6, 6.07) is 11.9. The Morgan fingerprint density at radius 3 is 2.72 bits per heavy atom. The van der Waals surface area contributed by atoms with Crippen molar-refractivity contribution in [3.05, 3.63) is 79.6 Å². The Balaban J connectivity index is 1.88. The number of nitrogens with two attached hydrogens (primary N) is 1. The summed E-state index contributed by atoms with van der Waals surface area (Å²) in [5.74, 6) is -1.04. The molecular weight excluding hydrogens is 436 g/mol. The summed E-state index contributed by atoms with van der Waals surface area (Å²) in [4.78, 5) is 41.1. The van der Waals surface area contributed by atoms with Crippen LogP contribution in [0, 0.1) is 0 Å². The van der Waals surface area contributed by atoms with E-state index in [0.29, 0.717) is 21.6 Å². The summed E-state index contributed by atoms with van der Waals surface area (Å²) in [5.41, 5.74) is 6.12. The largest absolute Gasteiger partial charge is 0.477 e. The number of nitrogen functional groups attached to an aromatic ring is 1. The summed E-state index contributed by atoms with van der Waals surface area (Å²) in [6.45, 7) is 0.418. The first-order valence-corrected chi connectivity index (χ1v) is 10.00. The number of fused-ring (bicyclic) bond motifs is 2. The number of nitrogens with zero attached hydrogens (tertiary/aromatic N) is 2. The van der Waals surface area contributed by atoms with Gasteiger partial charge in [0.05, 0.1) is 17.9 Å². The molecule has 1 aliphatic rings. The second kappa shape index (κ2) is 7.20. The molecule has 0 unspecified atom stereocenters. The fourth-order valence-electron chi connectivity index (χ4n) is 4.05. The highest BCUT2D eigenvalue weighted by Gasteiger charge is 2.28. The standard InChI is InChI=1S/C21H17ClN6O4/c22-11-4-5-14-13(7-11)16(28-19(29)15-18(25-9-24-15)26-21(28)32)17(20(30)31)27(14)8-10-2-1-3-12(23)6-10/h1-7,24-25H,8-9,23H2,(H,26,32)(H,30,31). The Labute approximate surface area is 184 Å². The molecule has 10 nitrogen and oxygen atoms in total. The first kappa shape index (κ1) is 19.8. The second-order valence-corrected chi connectivity index (χ2v) is 7.78. The van der Waals surface area contributed by atoms with Gasteiger partial charge in [0.15, 0.2) is 5.69 Å². The van der Waals surface area contributed by atoms with Crippen LogP contribution in [0.2, 0.25) is 5.02 Å². The summed E-state index contributed by atoms with van der Waals surface area (Å²) in [5, 5.41) is 16.6. The van der Waals surface area contributed by atoms with E-state index in [2.05, 4.69) is 15.6 Å². The van der Waals surface area contributed by atoms with Crippen molar-refractivity contribution < 1.29 is 9.90 Å². The van der Waals surface area contributed by atoms with Gasteiger partial charge in [-0.2, -0.15) is 0 Å². The number of nitrogens with one attached hydrogen (secondary N) is 3. The van der Waals surface area contributed by atoms with Crippen molar-refractivity contribution in [2.45, 2.75) is 6.54 Å². The third-order valence-corrected chi connectivity index (χ3v) is 5.58. The van der Waals surface area contributed by atoms with Crippen LogP contribution in [-0.2, 0) is 6.54 Å². The van der Waals surface area contributed by atoms with Gasteiger partial charge >= 0.3 is 11.7 Å². The SMILES string of the molecule is Nc1cccc(Cn2c(C(=O)O)c(-n3c(=O)[nH]c4c(c3=O)NCN4)c3cc(Cl)ccc32)c1. The average molecular weight is 453 g/mol. The molecule has 11 heteroatoms. The normalized spacial score (nSPS) is 12.4. The molecule has 0 bridgehead atoms. The maximum absolute atomic E-state index is 13.2.